The van der Waals surface area contributed by atoms with Gasteiger partial charge in [0.05, 0.1) is 11.3 Å². The van der Waals surface area contributed by atoms with Gasteiger partial charge in [0.1, 0.15) is 15.9 Å². The van der Waals surface area contributed by atoms with E-state index in [4.69, 9.17) is 16.7 Å². The SMILES string of the molecule is N#Cc1sc(NCCCCC(F)(F)F)c(C(N)=O)c1N. The summed E-state index contributed by atoms with van der Waals surface area (Å²) in [5, 5.41) is 11.9. The third-order valence-corrected chi connectivity index (χ3v) is 3.53. The first-order chi connectivity index (χ1) is 9.26. The molecule has 0 aromatic carbocycles. The van der Waals surface area contributed by atoms with Gasteiger partial charge < -0.3 is 16.8 Å². The van der Waals surface area contributed by atoms with Gasteiger partial charge in [-0.2, -0.15) is 18.4 Å². The zero-order chi connectivity index (χ0) is 15.3. The van der Waals surface area contributed by atoms with E-state index in [9.17, 15) is 18.0 Å². The number of nitrogen functional groups attached to an aromatic ring is 1. The normalized spacial score (nSPS) is 11.1. The Kier molecular flexibility index (Phi) is 5.21. The van der Waals surface area contributed by atoms with Crippen molar-refractivity contribution in [2.75, 3.05) is 17.6 Å². The summed E-state index contributed by atoms with van der Waals surface area (Å²) in [5.41, 5.74) is 10.8. The molecule has 0 bridgehead atoms. The van der Waals surface area contributed by atoms with E-state index in [1.807, 2.05) is 6.07 Å². The van der Waals surface area contributed by atoms with Gasteiger partial charge in [0.15, 0.2) is 0 Å². The van der Waals surface area contributed by atoms with Gasteiger partial charge in [-0.25, -0.2) is 0 Å². The molecule has 1 amide bonds. The van der Waals surface area contributed by atoms with E-state index in [0.29, 0.717) is 5.00 Å². The molecule has 1 rings (SSSR count). The number of carbonyl (C=O) groups is 1. The molecule has 0 aliphatic heterocycles. The van der Waals surface area contributed by atoms with Crippen LogP contribution in [0.1, 0.15) is 34.5 Å². The van der Waals surface area contributed by atoms with Gasteiger partial charge in [0.25, 0.3) is 5.91 Å². The summed E-state index contributed by atoms with van der Waals surface area (Å²) < 4.78 is 35.8. The van der Waals surface area contributed by atoms with Crippen molar-refractivity contribution in [2.45, 2.75) is 25.4 Å². The van der Waals surface area contributed by atoms with Gasteiger partial charge in [-0.3, -0.25) is 4.79 Å². The minimum absolute atomic E-state index is 0.00258. The van der Waals surface area contributed by atoms with E-state index >= 15 is 0 Å². The molecule has 0 fully saturated rings. The summed E-state index contributed by atoms with van der Waals surface area (Å²) >= 11 is 0.958. The smallest absolute Gasteiger partial charge is 0.389 e. The number of nitrogens with two attached hydrogens (primary N) is 2. The number of primary amides is 1. The lowest BCUT2D eigenvalue weighted by molar-refractivity contribution is -0.135. The third kappa shape index (κ3) is 4.31. The summed E-state index contributed by atoms with van der Waals surface area (Å²) in [6.07, 6.45) is -4.77. The molecule has 0 aliphatic rings. The summed E-state index contributed by atoms with van der Waals surface area (Å²) in [7, 11) is 0. The molecule has 0 saturated carbocycles. The van der Waals surface area contributed by atoms with Crippen molar-refractivity contribution in [1.29, 1.82) is 5.26 Å². The molecule has 0 spiro atoms. The molecule has 0 atom stereocenters. The van der Waals surface area contributed by atoms with Crippen LogP contribution in [0.2, 0.25) is 0 Å². The van der Waals surface area contributed by atoms with Crippen molar-refractivity contribution in [1.82, 2.24) is 0 Å². The van der Waals surface area contributed by atoms with Crippen molar-refractivity contribution in [3.8, 4) is 6.07 Å². The lowest BCUT2D eigenvalue weighted by atomic mass is 10.2. The standard InChI is InChI=1S/C11H13F3N4OS/c12-11(13,14)3-1-2-4-18-10-7(9(17)19)8(16)6(5-15)20-10/h18H,1-4,16H2,(H2,17,19). The van der Waals surface area contributed by atoms with Crippen molar-refractivity contribution >= 4 is 27.9 Å². The van der Waals surface area contributed by atoms with E-state index in [0.717, 1.165) is 11.3 Å². The fourth-order valence-electron chi connectivity index (χ4n) is 1.55. The highest BCUT2D eigenvalue weighted by molar-refractivity contribution is 7.17. The molecule has 0 saturated heterocycles. The van der Waals surface area contributed by atoms with Crippen molar-refractivity contribution < 1.29 is 18.0 Å². The Morgan fingerprint density at radius 3 is 2.55 bits per heavy atom. The molecule has 20 heavy (non-hydrogen) atoms. The fraction of sp³-hybridized carbons (Fsp3) is 0.455. The van der Waals surface area contributed by atoms with Crippen LogP contribution in [0.25, 0.3) is 0 Å². The molecule has 1 aromatic heterocycles. The minimum Gasteiger partial charge on any atom is -0.396 e. The van der Waals surface area contributed by atoms with Crippen LogP contribution in [0.15, 0.2) is 0 Å². The predicted octanol–water partition coefficient (Wildman–Crippen LogP) is 2.45. The second kappa shape index (κ2) is 6.47. The summed E-state index contributed by atoms with van der Waals surface area (Å²) in [6.45, 7) is 0.237. The van der Waals surface area contributed by atoms with E-state index in [1.165, 1.54) is 0 Å². The average Bonchev–Trinajstić information content (AvgIpc) is 2.63. The molecule has 110 valence electrons. The highest BCUT2D eigenvalue weighted by atomic mass is 32.1. The summed E-state index contributed by atoms with van der Waals surface area (Å²) in [5.74, 6) is -0.780. The van der Waals surface area contributed by atoms with Crippen molar-refractivity contribution in [3.05, 3.63) is 10.4 Å². The van der Waals surface area contributed by atoms with Crippen LogP contribution < -0.4 is 16.8 Å². The van der Waals surface area contributed by atoms with Crippen LogP contribution >= 0.6 is 11.3 Å². The number of rotatable bonds is 6. The molecule has 0 unspecified atom stereocenters. The summed E-state index contributed by atoms with van der Waals surface area (Å²) in [6, 6.07) is 1.83. The van der Waals surface area contributed by atoms with Crippen LogP contribution in [0, 0.1) is 11.3 Å². The highest BCUT2D eigenvalue weighted by Gasteiger charge is 2.26. The van der Waals surface area contributed by atoms with Gasteiger partial charge >= 0.3 is 6.18 Å². The molecule has 0 radical (unpaired) electrons. The number of nitrogens with zero attached hydrogens (tertiary/aromatic N) is 1. The topological polar surface area (TPSA) is 105 Å². The number of hydrogen-bond acceptors (Lipinski definition) is 5. The molecular weight excluding hydrogens is 293 g/mol. The van der Waals surface area contributed by atoms with Gasteiger partial charge in [0.2, 0.25) is 0 Å². The Balaban J connectivity index is 2.61. The maximum absolute atomic E-state index is 11.9. The van der Waals surface area contributed by atoms with Crippen LogP contribution in [0.3, 0.4) is 0 Å². The van der Waals surface area contributed by atoms with Gasteiger partial charge in [0, 0.05) is 13.0 Å². The Morgan fingerprint density at radius 1 is 1.40 bits per heavy atom. The number of hydrogen-bond donors (Lipinski definition) is 3. The third-order valence-electron chi connectivity index (χ3n) is 2.47. The van der Waals surface area contributed by atoms with Crippen LogP contribution in [0.4, 0.5) is 23.9 Å². The molecule has 1 heterocycles. The molecular formula is C11H13F3N4OS. The van der Waals surface area contributed by atoms with Crippen LogP contribution in [-0.2, 0) is 0 Å². The summed E-state index contributed by atoms with van der Waals surface area (Å²) in [4.78, 5) is 11.4. The van der Waals surface area contributed by atoms with Crippen LogP contribution in [0.5, 0.6) is 0 Å². The van der Waals surface area contributed by atoms with E-state index in [1.54, 1.807) is 0 Å². The largest absolute Gasteiger partial charge is 0.396 e. The quantitative estimate of drug-likeness (QED) is 0.702. The lowest BCUT2D eigenvalue weighted by Crippen LogP contribution is -2.15. The van der Waals surface area contributed by atoms with E-state index in [-0.39, 0.29) is 35.5 Å². The first-order valence-electron chi connectivity index (χ1n) is 5.69. The second-order valence-corrected chi connectivity index (χ2v) is 5.04. The number of unbranched alkanes of at least 4 members (excludes halogenated alkanes) is 1. The Morgan fingerprint density at radius 2 is 2.05 bits per heavy atom. The fourth-order valence-corrected chi connectivity index (χ4v) is 2.50. The zero-order valence-electron chi connectivity index (χ0n) is 10.4. The Bertz CT molecular complexity index is 533. The van der Waals surface area contributed by atoms with E-state index in [2.05, 4.69) is 5.32 Å². The lowest BCUT2D eigenvalue weighted by Gasteiger charge is -2.07. The predicted molar refractivity (Wildman–Crippen MR) is 70.4 cm³/mol. The second-order valence-electron chi connectivity index (χ2n) is 4.02. The number of alkyl halides is 3. The molecule has 0 aliphatic carbocycles. The minimum atomic E-state index is -4.17. The number of nitriles is 1. The molecule has 9 heteroatoms. The van der Waals surface area contributed by atoms with Gasteiger partial charge in [-0.1, -0.05) is 0 Å². The first-order valence-corrected chi connectivity index (χ1v) is 6.50. The number of nitrogens with one attached hydrogen (secondary N) is 1. The van der Waals surface area contributed by atoms with E-state index < -0.39 is 18.5 Å². The maximum Gasteiger partial charge on any atom is 0.389 e. The number of amides is 1. The molecule has 1 aromatic rings. The number of anilines is 2. The maximum atomic E-state index is 11.9. The molecule has 5 N–H and O–H groups in total. The monoisotopic (exact) mass is 306 g/mol. The van der Waals surface area contributed by atoms with Crippen molar-refractivity contribution in [3.63, 3.8) is 0 Å². The Labute approximate surface area is 117 Å². The van der Waals surface area contributed by atoms with Crippen LogP contribution in [-0.4, -0.2) is 18.6 Å². The average molecular weight is 306 g/mol. The molecule has 5 nitrogen and oxygen atoms in total. The number of halogens is 3. The van der Waals surface area contributed by atoms with Crippen molar-refractivity contribution in [2.24, 2.45) is 5.73 Å². The Hall–Kier alpha value is -1.95. The van der Waals surface area contributed by atoms with Gasteiger partial charge in [-0.05, 0) is 12.8 Å². The number of carbonyl (C=O) groups excluding carboxylic acids is 1. The number of thiophene rings is 1. The van der Waals surface area contributed by atoms with Gasteiger partial charge in [-0.15, -0.1) is 11.3 Å². The highest BCUT2D eigenvalue weighted by Crippen LogP contribution is 2.34. The zero-order valence-corrected chi connectivity index (χ0v) is 11.2. The first kappa shape index (κ1) is 16.1.